The molecule has 0 aliphatic heterocycles. The van der Waals surface area contributed by atoms with E-state index in [1.165, 1.54) is 75.7 Å². The molecule has 0 aromatic heterocycles. The number of esters is 1. The van der Waals surface area contributed by atoms with Crippen LogP contribution in [0.5, 0.6) is 11.5 Å². The van der Waals surface area contributed by atoms with Crippen LogP contribution >= 0.6 is 0 Å². The van der Waals surface area contributed by atoms with Crippen LogP contribution in [0.1, 0.15) is 60.0 Å². The van der Waals surface area contributed by atoms with Gasteiger partial charge in [0.15, 0.2) is 5.78 Å². The molecule has 4 aliphatic carbocycles. The van der Waals surface area contributed by atoms with Crippen LogP contribution in [0.4, 0.5) is 0 Å². The smallest absolute Gasteiger partial charge is 0.341 e. The Balaban J connectivity index is 1.19. The van der Waals surface area contributed by atoms with Crippen molar-refractivity contribution in [2.24, 2.45) is 17.8 Å². The Labute approximate surface area is 194 Å². The molecule has 172 valence electrons. The maximum absolute atomic E-state index is 12.3. The highest BCUT2D eigenvalue weighted by Crippen LogP contribution is 2.60. The van der Waals surface area contributed by atoms with Gasteiger partial charge >= 0.3 is 5.97 Å². The third kappa shape index (κ3) is 4.41. The van der Waals surface area contributed by atoms with Gasteiger partial charge in [-0.3, -0.25) is 4.79 Å². The van der Waals surface area contributed by atoms with Crippen LogP contribution < -0.4 is 4.74 Å². The molecule has 33 heavy (non-hydrogen) atoms. The lowest BCUT2D eigenvalue weighted by Crippen LogP contribution is -2.48. The monoisotopic (exact) mass is 446 g/mol. The first-order chi connectivity index (χ1) is 15.9. The Hall–Kier alpha value is -3.08. The lowest BCUT2D eigenvalue weighted by Gasteiger charge is -2.57. The second-order valence-corrected chi connectivity index (χ2v) is 10.1. The van der Waals surface area contributed by atoms with E-state index in [0.29, 0.717) is 16.7 Å². The summed E-state index contributed by atoms with van der Waals surface area (Å²) in [5, 5.41) is 9.78. The lowest BCUT2D eigenvalue weighted by atomic mass is 9.48. The van der Waals surface area contributed by atoms with E-state index in [-0.39, 0.29) is 23.5 Å². The minimum absolute atomic E-state index is 0.0437. The summed E-state index contributed by atoms with van der Waals surface area (Å²) in [5.74, 6) is 2.48. The molecule has 4 fully saturated rings. The van der Waals surface area contributed by atoms with Crippen LogP contribution in [0.25, 0.3) is 0 Å². The fraction of sp³-hybridized carbons (Fsp3) is 0.429. The molecule has 1 N–H and O–H groups in total. The number of carbonyl (C=O) groups is 2. The molecule has 0 saturated heterocycles. The zero-order valence-electron chi connectivity index (χ0n) is 19.0. The van der Waals surface area contributed by atoms with Gasteiger partial charge in [-0.1, -0.05) is 18.2 Å². The Morgan fingerprint density at radius 1 is 1.00 bits per heavy atom. The summed E-state index contributed by atoms with van der Waals surface area (Å²) < 4.78 is 10.3. The molecule has 0 unspecified atom stereocenters. The summed E-state index contributed by atoms with van der Waals surface area (Å²) in [4.78, 5) is 24.0. The van der Waals surface area contributed by atoms with Gasteiger partial charge in [0, 0.05) is 12.5 Å². The topological polar surface area (TPSA) is 72.8 Å². The van der Waals surface area contributed by atoms with Gasteiger partial charge in [-0.2, -0.15) is 0 Å². The number of ether oxygens (including phenoxy) is 2. The van der Waals surface area contributed by atoms with Gasteiger partial charge in [0.1, 0.15) is 17.1 Å². The Kier molecular flexibility index (Phi) is 5.73. The number of hydrogen-bond acceptors (Lipinski definition) is 5. The summed E-state index contributed by atoms with van der Waals surface area (Å²) in [6.45, 7) is 0. The number of carbonyl (C=O) groups excluding carboxylic acids is 2. The largest absolute Gasteiger partial charge is 0.507 e. The highest BCUT2D eigenvalue weighted by molar-refractivity contribution is 5.94. The van der Waals surface area contributed by atoms with Crippen LogP contribution in [0.2, 0.25) is 0 Å². The first-order valence-corrected chi connectivity index (χ1v) is 11.8. The fourth-order valence-corrected chi connectivity index (χ4v) is 6.77. The number of allylic oxidation sites excluding steroid dienone is 1. The molecule has 4 bridgehead atoms. The minimum atomic E-state index is -0.641. The molecular weight excluding hydrogens is 416 g/mol. The van der Waals surface area contributed by atoms with Crippen LogP contribution in [-0.2, 0) is 21.4 Å². The van der Waals surface area contributed by atoms with Gasteiger partial charge in [0.25, 0.3) is 0 Å². The molecule has 0 atom stereocenters. The number of benzene rings is 2. The van der Waals surface area contributed by atoms with Gasteiger partial charge in [-0.05, 0) is 97.1 Å². The Bertz CT molecular complexity index is 1050. The molecule has 0 spiro atoms. The molecule has 4 aliphatic rings. The second-order valence-electron chi connectivity index (χ2n) is 10.1. The van der Waals surface area contributed by atoms with Crippen molar-refractivity contribution in [1.82, 2.24) is 0 Å². The van der Waals surface area contributed by atoms with Crippen LogP contribution in [-0.4, -0.2) is 24.0 Å². The fourth-order valence-electron chi connectivity index (χ4n) is 6.77. The average Bonchev–Trinajstić information content (AvgIpc) is 2.79. The molecular formula is C28H30O5. The lowest BCUT2D eigenvalue weighted by molar-refractivity contribution is -0.114. The van der Waals surface area contributed by atoms with E-state index in [1.54, 1.807) is 6.07 Å². The van der Waals surface area contributed by atoms with Crippen molar-refractivity contribution in [3.63, 3.8) is 0 Å². The molecule has 5 heteroatoms. The van der Waals surface area contributed by atoms with E-state index in [2.05, 4.69) is 16.9 Å². The van der Waals surface area contributed by atoms with Crippen molar-refractivity contribution in [3.8, 4) is 11.5 Å². The van der Waals surface area contributed by atoms with Crippen molar-refractivity contribution < 1.29 is 24.2 Å². The quantitative estimate of drug-likeness (QED) is 0.353. The predicted octanol–water partition coefficient (Wildman–Crippen LogP) is 5.35. The zero-order chi connectivity index (χ0) is 23.0. The number of methoxy groups -OCH3 is 1. The van der Waals surface area contributed by atoms with E-state index < -0.39 is 5.97 Å². The zero-order valence-corrected chi connectivity index (χ0v) is 19.0. The summed E-state index contributed by atoms with van der Waals surface area (Å²) in [6, 6.07) is 12.9. The van der Waals surface area contributed by atoms with E-state index in [9.17, 15) is 14.7 Å². The predicted molar refractivity (Wildman–Crippen MR) is 124 cm³/mol. The third-order valence-electron chi connectivity index (χ3n) is 7.81. The standard InChI is InChI=1S/C28H30O5/c1-32-27(31)25-14-18(2-7-26(25)30)13-23(29)8-9-33-24-5-3-22(4-6-24)28-15-19-10-20(16-28)12-21(11-19)17-28/h2-9,14,19-21,30H,10-13,15-17H2,1H3/b9-8+. The van der Waals surface area contributed by atoms with Crippen LogP contribution in [0, 0.1) is 17.8 Å². The molecule has 2 aromatic carbocycles. The summed E-state index contributed by atoms with van der Waals surface area (Å²) in [7, 11) is 1.25. The summed E-state index contributed by atoms with van der Waals surface area (Å²) >= 11 is 0. The number of hydrogen-bond donors (Lipinski definition) is 1. The normalized spacial score (nSPS) is 27.6. The molecule has 6 rings (SSSR count). The van der Waals surface area contributed by atoms with Crippen LogP contribution in [0.15, 0.2) is 54.8 Å². The van der Waals surface area contributed by atoms with Crippen molar-refractivity contribution in [2.75, 3.05) is 7.11 Å². The van der Waals surface area contributed by atoms with Crippen molar-refractivity contribution in [1.29, 1.82) is 0 Å². The van der Waals surface area contributed by atoms with Gasteiger partial charge in [-0.15, -0.1) is 0 Å². The number of phenols is 1. The van der Waals surface area contributed by atoms with Crippen molar-refractivity contribution >= 4 is 11.8 Å². The highest BCUT2D eigenvalue weighted by Gasteiger charge is 2.51. The highest BCUT2D eigenvalue weighted by atomic mass is 16.5. The summed E-state index contributed by atoms with van der Waals surface area (Å²) in [5.41, 5.74) is 2.47. The molecule has 0 radical (unpaired) electrons. The minimum Gasteiger partial charge on any atom is -0.507 e. The number of rotatable bonds is 7. The third-order valence-corrected chi connectivity index (χ3v) is 7.81. The molecule has 4 saturated carbocycles. The molecule has 2 aromatic rings. The van der Waals surface area contributed by atoms with Crippen LogP contribution in [0.3, 0.4) is 0 Å². The first-order valence-electron chi connectivity index (χ1n) is 11.8. The van der Waals surface area contributed by atoms with E-state index in [0.717, 1.165) is 17.8 Å². The molecule has 0 heterocycles. The Morgan fingerprint density at radius 3 is 2.24 bits per heavy atom. The van der Waals surface area contributed by atoms with Gasteiger partial charge in [-0.25, -0.2) is 4.79 Å². The number of aromatic hydroxyl groups is 1. The van der Waals surface area contributed by atoms with E-state index in [1.807, 2.05) is 12.1 Å². The number of phenolic OH excluding ortho intramolecular Hbond substituents is 1. The van der Waals surface area contributed by atoms with Crippen molar-refractivity contribution in [2.45, 2.75) is 50.4 Å². The van der Waals surface area contributed by atoms with Gasteiger partial charge in [0.2, 0.25) is 0 Å². The number of ketones is 1. The van der Waals surface area contributed by atoms with E-state index >= 15 is 0 Å². The first kappa shape index (κ1) is 21.7. The maximum atomic E-state index is 12.3. The van der Waals surface area contributed by atoms with Crippen molar-refractivity contribution in [3.05, 3.63) is 71.5 Å². The molecule has 5 nitrogen and oxygen atoms in total. The molecule has 0 amide bonds. The van der Waals surface area contributed by atoms with Gasteiger partial charge < -0.3 is 14.6 Å². The second kappa shape index (κ2) is 8.69. The average molecular weight is 447 g/mol. The van der Waals surface area contributed by atoms with Gasteiger partial charge in [0.05, 0.1) is 13.4 Å². The summed E-state index contributed by atoms with van der Waals surface area (Å²) in [6.07, 6.45) is 11.2. The van der Waals surface area contributed by atoms with E-state index in [4.69, 9.17) is 4.74 Å². The SMILES string of the molecule is COC(=O)c1cc(CC(=O)/C=C/Oc2ccc(C34CC5CC(CC(C5)C3)C4)cc2)ccc1O. The maximum Gasteiger partial charge on any atom is 0.341 e. The Morgan fingerprint density at radius 2 is 1.64 bits per heavy atom.